The summed E-state index contributed by atoms with van der Waals surface area (Å²) in [6.07, 6.45) is 0.315. The standard InChI is InChI=1S/C26H24ClNO6S/c1-17-23(15-18-5-3-2-4-6-18)26(17,25(31)32)28(16-24(29)30)35(33,34)22-13-9-20(10-14-22)19-7-11-21(27)12-8-19/h2-14,17,23H,15-16H2,1H3,(H,29,30)(H,31,32)/t17-,23-,26-/m1/s1. The molecule has 0 bridgehead atoms. The van der Waals surface area contributed by atoms with Gasteiger partial charge < -0.3 is 10.2 Å². The van der Waals surface area contributed by atoms with E-state index in [9.17, 15) is 28.2 Å². The first-order valence-corrected chi connectivity index (χ1v) is 12.8. The van der Waals surface area contributed by atoms with Crippen molar-refractivity contribution in [2.45, 2.75) is 23.8 Å². The average molecular weight is 514 g/mol. The van der Waals surface area contributed by atoms with Crippen molar-refractivity contribution in [1.82, 2.24) is 4.31 Å². The number of carboxylic acid groups (broad SMARTS) is 2. The summed E-state index contributed by atoms with van der Waals surface area (Å²) in [6, 6.07) is 22.1. The molecule has 4 rings (SSSR count). The summed E-state index contributed by atoms with van der Waals surface area (Å²) < 4.78 is 28.0. The van der Waals surface area contributed by atoms with Gasteiger partial charge in [0.2, 0.25) is 10.0 Å². The highest BCUT2D eigenvalue weighted by molar-refractivity contribution is 7.89. The van der Waals surface area contributed by atoms with Crippen molar-refractivity contribution in [2.75, 3.05) is 6.54 Å². The van der Waals surface area contributed by atoms with E-state index >= 15 is 0 Å². The van der Waals surface area contributed by atoms with Crippen LogP contribution in [0.2, 0.25) is 5.02 Å². The summed E-state index contributed by atoms with van der Waals surface area (Å²) in [7, 11) is -4.45. The molecule has 1 saturated carbocycles. The average Bonchev–Trinajstić information content (AvgIpc) is 3.42. The molecule has 0 aliphatic heterocycles. The van der Waals surface area contributed by atoms with E-state index in [-0.39, 0.29) is 4.90 Å². The molecule has 1 fully saturated rings. The smallest absolute Gasteiger partial charge is 0.325 e. The molecule has 182 valence electrons. The van der Waals surface area contributed by atoms with E-state index in [0.717, 1.165) is 16.7 Å². The van der Waals surface area contributed by atoms with E-state index in [1.54, 1.807) is 43.3 Å². The minimum atomic E-state index is -4.45. The number of nitrogens with zero attached hydrogens (tertiary/aromatic N) is 1. The summed E-state index contributed by atoms with van der Waals surface area (Å²) >= 11 is 5.93. The van der Waals surface area contributed by atoms with Crippen molar-refractivity contribution in [3.63, 3.8) is 0 Å². The van der Waals surface area contributed by atoms with Crippen LogP contribution in [0.5, 0.6) is 0 Å². The lowest BCUT2D eigenvalue weighted by molar-refractivity contribution is -0.146. The monoisotopic (exact) mass is 513 g/mol. The zero-order valence-corrected chi connectivity index (χ0v) is 20.4. The predicted octanol–water partition coefficient (Wildman–Crippen LogP) is 4.41. The molecule has 35 heavy (non-hydrogen) atoms. The molecule has 0 saturated heterocycles. The topological polar surface area (TPSA) is 112 Å². The normalized spacial score (nSPS) is 21.6. The number of rotatable bonds is 9. The molecule has 0 amide bonds. The second-order valence-corrected chi connectivity index (χ2v) is 11.0. The number of hydrogen-bond acceptors (Lipinski definition) is 4. The van der Waals surface area contributed by atoms with Crippen molar-refractivity contribution < 1.29 is 28.2 Å². The maximum atomic E-state index is 13.7. The van der Waals surface area contributed by atoms with Gasteiger partial charge in [-0.25, -0.2) is 8.42 Å². The molecule has 0 radical (unpaired) electrons. The van der Waals surface area contributed by atoms with Gasteiger partial charge in [-0.2, -0.15) is 4.31 Å². The molecule has 2 N–H and O–H groups in total. The highest BCUT2D eigenvalue weighted by Crippen LogP contribution is 2.57. The first-order chi connectivity index (χ1) is 16.6. The van der Waals surface area contributed by atoms with Gasteiger partial charge >= 0.3 is 11.9 Å². The fourth-order valence-electron chi connectivity index (χ4n) is 4.83. The predicted molar refractivity (Wildman–Crippen MR) is 132 cm³/mol. The number of benzene rings is 3. The molecule has 0 heterocycles. The molecular weight excluding hydrogens is 490 g/mol. The van der Waals surface area contributed by atoms with Gasteiger partial charge in [-0.1, -0.05) is 73.1 Å². The van der Waals surface area contributed by atoms with Crippen LogP contribution < -0.4 is 0 Å². The van der Waals surface area contributed by atoms with Gasteiger partial charge in [0.1, 0.15) is 12.1 Å². The van der Waals surface area contributed by atoms with Crippen molar-refractivity contribution in [1.29, 1.82) is 0 Å². The van der Waals surface area contributed by atoms with Crippen LogP contribution in [-0.2, 0) is 26.0 Å². The molecule has 1 aliphatic carbocycles. The summed E-state index contributed by atoms with van der Waals surface area (Å²) in [5, 5.41) is 20.3. The van der Waals surface area contributed by atoms with Crippen LogP contribution in [0, 0.1) is 11.8 Å². The fraction of sp³-hybridized carbons (Fsp3) is 0.231. The number of hydrogen-bond donors (Lipinski definition) is 2. The Balaban J connectivity index is 1.71. The van der Waals surface area contributed by atoms with E-state index in [1.165, 1.54) is 12.1 Å². The van der Waals surface area contributed by atoms with Crippen LogP contribution in [0.4, 0.5) is 0 Å². The molecular formula is C26H24ClNO6S. The van der Waals surface area contributed by atoms with Crippen LogP contribution >= 0.6 is 11.6 Å². The maximum Gasteiger partial charge on any atom is 0.325 e. The van der Waals surface area contributed by atoms with Crippen molar-refractivity contribution in [3.8, 4) is 11.1 Å². The van der Waals surface area contributed by atoms with Gasteiger partial charge in [-0.3, -0.25) is 9.59 Å². The molecule has 0 spiro atoms. The number of carbonyl (C=O) groups is 2. The Labute approximate surface area is 208 Å². The third-order valence-electron chi connectivity index (χ3n) is 6.71. The van der Waals surface area contributed by atoms with Crippen LogP contribution in [0.3, 0.4) is 0 Å². The Morgan fingerprint density at radius 3 is 1.97 bits per heavy atom. The van der Waals surface area contributed by atoms with Crippen LogP contribution in [-0.4, -0.2) is 47.0 Å². The molecule has 0 unspecified atom stereocenters. The second-order valence-electron chi connectivity index (χ2n) is 8.65. The highest BCUT2D eigenvalue weighted by Gasteiger charge is 2.73. The largest absolute Gasteiger partial charge is 0.480 e. The van der Waals surface area contributed by atoms with Gasteiger partial charge in [0, 0.05) is 5.02 Å². The Bertz CT molecular complexity index is 1340. The molecule has 0 aromatic heterocycles. The Morgan fingerprint density at radius 2 is 1.46 bits per heavy atom. The quantitative estimate of drug-likeness (QED) is 0.438. The molecule has 3 atom stereocenters. The highest BCUT2D eigenvalue weighted by atomic mass is 35.5. The lowest BCUT2D eigenvalue weighted by Gasteiger charge is -2.28. The number of aliphatic carboxylic acids is 2. The van der Waals surface area contributed by atoms with Gasteiger partial charge in [0.15, 0.2) is 0 Å². The number of carboxylic acids is 2. The van der Waals surface area contributed by atoms with E-state index in [4.69, 9.17) is 11.6 Å². The van der Waals surface area contributed by atoms with E-state index in [2.05, 4.69) is 0 Å². The van der Waals surface area contributed by atoms with Crippen LogP contribution in [0.15, 0.2) is 83.8 Å². The number of halogens is 1. The third-order valence-corrected chi connectivity index (χ3v) is 8.84. The first kappa shape index (κ1) is 24.9. The van der Waals surface area contributed by atoms with Gasteiger partial charge in [0.05, 0.1) is 4.90 Å². The van der Waals surface area contributed by atoms with Gasteiger partial charge in [0.25, 0.3) is 0 Å². The van der Waals surface area contributed by atoms with E-state index in [0.29, 0.717) is 15.7 Å². The first-order valence-electron chi connectivity index (χ1n) is 11.0. The summed E-state index contributed by atoms with van der Waals surface area (Å²) in [5.41, 5.74) is 0.552. The van der Waals surface area contributed by atoms with Crippen molar-refractivity contribution >= 4 is 33.6 Å². The fourth-order valence-corrected chi connectivity index (χ4v) is 6.75. The Hall–Kier alpha value is -3.20. The second kappa shape index (κ2) is 9.45. The summed E-state index contributed by atoms with van der Waals surface area (Å²) in [4.78, 5) is 24.1. The van der Waals surface area contributed by atoms with Gasteiger partial charge in [-0.15, -0.1) is 0 Å². The molecule has 9 heteroatoms. The number of sulfonamides is 1. The molecule has 3 aromatic rings. The van der Waals surface area contributed by atoms with Gasteiger partial charge in [-0.05, 0) is 59.2 Å². The van der Waals surface area contributed by atoms with E-state index < -0.39 is 45.9 Å². The zero-order chi connectivity index (χ0) is 25.4. The molecule has 7 nitrogen and oxygen atoms in total. The zero-order valence-electron chi connectivity index (χ0n) is 18.8. The lowest BCUT2D eigenvalue weighted by atomic mass is 10.1. The van der Waals surface area contributed by atoms with Crippen molar-refractivity contribution in [2.24, 2.45) is 11.8 Å². The Morgan fingerprint density at radius 1 is 0.914 bits per heavy atom. The third kappa shape index (κ3) is 4.57. The maximum absolute atomic E-state index is 13.7. The summed E-state index contributed by atoms with van der Waals surface area (Å²) in [5.74, 6) is -3.94. The Kier molecular flexibility index (Phi) is 6.73. The SMILES string of the molecule is C[C@@H]1[C@@H](Cc2ccccc2)[C@]1(C(=O)O)N(CC(=O)O)S(=O)(=O)c1ccc(-c2ccc(Cl)cc2)cc1. The van der Waals surface area contributed by atoms with E-state index in [1.807, 2.05) is 30.3 Å². The lowest BCUT2D eigenvalue weighted by Crippen LogP contribution is -2.52. The van der Waals surface area contributed by atoms with Crippen LogP contribution in [0.25, 0.3) is 11.1 Å². The van der Waals surface area contributed by atoms with Crippen molar-refractivity contribution in [3.05, 3.63) is 89.4 Å². The molecule has 1 aliphatic rings. The summed E-state index contributed by atoms with van der Waals surface area (Å²) in [6.45, 7) is 0.693. The molecule has 3 aromatic carbocycles. The minimum absolute atomic E-state index is 0.172. The minimum Gasteiger partial charge on any atom is -0.480 e. The van der Waals surface area contributed by atoms with Crippen LogP contribution in [0.1, 0.15) is 12.5 Å².